The standard InChI is InChI=1S/C13H12N2O/c1-9(2)13(16)15-11-7-10-5-3-4-6-12(10)14-8-11/h3-8H,1H2,2H3,(H,15,16). The maximum Gasteiger partial charge on any atom is 0.250 e. The molecule has 1 N–H and O–H groups in total. The van der Waals surface area contributed by atoms with Gasteiger partial charge in [-0.2, -0.15) is 0 Å². The summed E-state index contributed by atoms with van der Waals surface area (Å²) in [5, 5.41) is 3.73. The fraction of sp³-hybridized carbons (Fsp3) is 0.0769. The van der Waals surface area contributed by atoms with E-state index in [1.165, 1.54) is 0 Å². The molecule has 0 fully saturated rings. The van der Waals surface area contributed by atoms with Gasteiger partial charge < -0.3 is 5.32 Å². The number of carbonyl (C=O) groups is 1. The lowest BCUT2D eigenvalue weighted by molar-refractivity contribution is -0.112. The first-order valence-electron chi connectivity index (χ1n) is 4.98. The highest BCUT2D eigenvalue weighted by molar-refractivity contribution is 6.03. The van der Waals surface area contributed by atoms with Crippen molar-refractivity contribution in [2.45, 2.75) is 6.92 Å². The molecule has 0 unspecified atom stereocenters. The van der Waals surface area contributed by atoms with Crippen LogP contribution in [0.1, 0.15) is 6.92 Å². The number of hydrogen-bond donors (Lipinski definition) is 1. The Bertz CT molecular complexity index is 561. The van der Waals surface area contributed by atoms with Crippen LogP contribution in [0.15, 0.2) is 48.7 Å². The van der Waals surface area contributed by atoms with Gasteiger partial charge in [0.15, 0.2) is 0 Å². The highest BCUT2D eigenvalue weighted by Crippen LogP contribution is 2.16. The zero-order chi connectivity index (χ0) is 11.5. The topological polar surface area (TPSA) is 42.0 Å². The quantitative estimate of drug-likeness (QED) is 0.778. The molecule has 80 valence electrons. The fourth-order valence-electron chi connectivity index (χ4n) is 1.38. The van der Waals surface area contributed by atoms with Gasteiger partial charge in [0.25, 0.3) is 5.91 Å². The molecule has 1 aromatic carbocycles. The summed E-state index contributed by atoms with van der Waals surface area (Å²) in [5.74, 6) is -0.183. The molecular weight excluding hydrogens is 200 g/mol. The number of pyridine rings is 1. The lowest BCUT2D eigenvalue weighted by Gasteiger charge is -2.05. The van der Waals surface area contributed by atoms with Gasteiger partial charge in [-0.1, -0.05) is 24.8 Å². The third-order valence-corrected chi connectivity index (χ3v) is 2.24. The van der Waals surface area contributed by atoms with Gasteiger partial charge >= 0.3 is 0 Å². The first kappa shape index (κ1) is 10.4. The zero-order valence-electron chi connectivity index (χ0n) is 9.03. The van der Waals surface area contributed by atoms with Crippen molar-refractivity contribution in [3.05, 3.63) is 48.7 Å². The van der Waals surface area contributed by atoms with Crippen molar-refractivity contribution in [2.75, 3.05) is 5.32 Å². The molecule has 0 saturated carbocycles. The Morgan fingerprint density at radius 3 is 2.88 bits per heavy atom. The molecule has 3 nitrogen and oxygen atoms in total. The van der Waals surface area contributed by atoms with Crippen LogP contribution in [0.25, 0.3) is 10.9 Å². The number of fused-ring (bicyclic) bond motifs is 1. The summed E-state index contributed by atoms with van der Waals surface area (Å²) in [5.41, 5.74) is 2.08. The summed E-state index contributed by atoms with van der Waals surface area (Å²) in [7, 11) is 0. The third-order valence-electron chi connectivity index (χ3n) is 2.24. The van der Waals surface area contributed by atoms with Crippen LogP contribution in [0.3, 0.4) is 0 Å². The number of benzene rings is 1. The van der Waals surface area contributed by atoms with Crippen molar-refractivity contribution in [2.24, 2.45) is 0 Å². The smallest absolute Gasteiger partial charge is 0.250 e. The maximum atomic E-state index is 11.4. The van der Waals surface area contributed by atoms with Crippen LogP contribution in [0.2, 0.25) is 0 Å². The highest BCUT2D eigenvalue weighted by atomic mass is 16.1. The predicted molar refractivity (Wildman–Crippen MR) is 65.2 cm³/mol. The van der Waals surface area contributed by atoms with E-state index in [4.69, 9.17) is 0 Å². The van der Waals surface area contributed by atoms with Crippen LogP contribution in [-0.2, 0) is 4.79 Å². The first-order chi connectivity index (χ1) is 7.66. The third kappa shape index (κ3) is 2.08. The van der Waals surface area contributed by atoms with Crippen molar-refractivity contribution < 1.29 is 4.79 Å². The minimum absolute atomic E-state index is 0.183. The number of rotatable bonds is 2. The van der Waals surface area contributed by atoms with E-state index in [0.717, 1.165) is 10.9 Å². The number of nitrogens with one attached hydrogen (secondary N) is 1. The largest absolute Gasteiger partial charge is 0.321 e. The second-order valence-corrected chi connectivity index (χ2v) is 3.65. The summed E-state index contributed by atoms with van der Waals surface area (Å²) < 4.78 is 0. The molecule has 0 radical (unpaired) electrons. The van der Waals surface area contributed by atoms with E-state index >= 15 is 0 Å². The van der Waals surface area contributed by atoms with E-state index in [9.17, 15) is 4.79 Å². The van der Waals surface area contributed by atoms with Crippen molar-refractivity contribution in [3.8, 4) is 0 Å². The van der Waals surface area contributed by atoms with Gasteiger partial charge in [-0.05, 0) is 19.1 Å². The molecule has 0 aliphatic carbocycles. The first-order valence-corrected chi connectivity index (χ1v) is 4.98. The molecule has 2 rings (SSSR count). The Kier molecular flexibility index (Phi) is 2.68. The molecular formula is C13H12N2O. The average Bonchev–Trinajstić information content (AvgIpc) is 2.28. The lowest BCUT2D eigenvalue weighted by Crippen LogP contribution is -2.11. The molecule has 0 aliphatic heterocycles. The number of anilines is 1. The number of aromatic nitrogens is 1. The summed E-state index contributed by atoms with van der Waals surface area (Å²) in [6, 6.07) is 9.65. The second-order valence-electron chi connectivity index (χ2n) is 3.65. The van der Waals surface area contributed by atoms with Crippen LogP contribution in [0, 0.1) is 0 Å². The van der Waals surface area contributed by atoms with E-state index in [0.29, 0.717) is 11.3 Å². The van der Waals surface area contributed by atoms with Gasteiger partial charge in [-0.25, -0.2) is 0 Å². The van der Waals surface area contributed by atoms with Crippen LogP contribution >= 0.6 is 0 Å². The van der Waals surface area contributed by atoms with E-state index in [2.05, 4.69) is 16.9 Å². The van der Waals surface area contributed by atoms with Crippen LogP contribution in [-0.4, -0.2) is 10.9 Å². The molecule has 0 bridgehead atoms. The van der Waals surface area contributed by atoms with Crippen LogP contribution < -0.4 is 5.32 Å². The predicted octanol–water partition coefficient (Wildman–Crippen LogP) is 2.75. The van der Waals surface area contributed by atoms with Gasteiger partial charge in [-0.15, -0.1) is 0 Å². The minimum atomic E-state index is -0.183. The van der Waals surface area contributed by atoms with Gasteiger partial charge in [0.1, 0.15) is 0 Å². The fourth-order valence-corrected chi connectivity index (χ4v) is 1.38. The molecule has 2 aromatic rings. The number of hydrogen-bond acceptors (Lipinski definition) is 2. The Morgan fingerprint density at radius 2 is 2.12 bits per heavy atom. The van der Waals surface area contributed by atoms with E-state index in [1.54, 1.807) is 13.1 Å². The Hall–Kier alpha value is -2.16. The maximum absolute atomic E-state index is 11.4. The zero-order valence-corrected chi connectivity index (χ0v) is 9.03. The Morgan fingerprint density at radius 1 is 1.38 bits per heavy atom. The molecule has 3 heteroatoms. The monoisotopic (exact) mass is 212 g/mol. The van der Waals surface area contributed by atoms with E-state index in [1.807, 2.05) is 30.3 Å². The van der Waals surface area contributed by atoms with Crippen LogP contribution in [0.5, 0.6) is 0 Å². The average molecular weight is 212 g/mol. The van der Waals surface area contributed by atoms with Crippen molar-refractivity contribution >= 4 is 22.5 Å². The van der Waals surface area contributed by atoms with Crippen LogP contribution in [0.4, 0.5) is 5.69 Å². The summed E-state index contributed by atoms with van der Waals surface area (Å²) >= 11 is 0. The lowest BCUT2D eigenvalue weighted by atomic mass is 10.2. The second kappa shape index (κ2) is 4.14. The van der Waals surface area contributed by atoms with E-state index < -0.39 is 0 Å². The number of carbonyl (C=O) groups excluding carboxylic acids is 1. The van der Waals surface area contributed by atoms with Gasteiger partial charge in [0.05, 0.1) is 17.4 Å². The number of nitrogens with zero attached hydrogens (tertiary/aromatic N) is 1. The summed E-state index contributed by atoms with van der Waals surface area (Å²) in [6.07, 6.45) is 1.64. The number of para-hydroxylation sites is 1. The van der Waals surface area contributed by atoms with Crippen molar-refractivity contribution in [1.82, 2.24) is 4.98 Å². The van der Waals surface area contributed by atoms with Gasteiger partial charge in [0.2, 0.25) is 0 Å². The van der Waals surface area contributed by atoms with E-state index in [-0.39, 0.29) is 5.91 Å². The summed E-state index contributed by atoms with van der Waals surface area (Å²) in [4.78, 5) is 15.7. The molecule has 0 saturated heterocycles. The molecule has 1 aromatic heterocycles. The summed E-state index contributed by atoms with van der Waals surface area (Å²) in [6.45, 7) is 5.25. The van der Waals surface area contributed by atoms with Crippen molar-refractivity contribution in [3.63, 3.8) is 0 Å². The Labute approximate surface area is 93.8 Å². The molecule has 0 spiro atoms. The molecule has 16 heavy (non-hydrogen) atoms. The molecule has 0 atom stereocenters. The van der Waals surface area contributed by atoms with Gasteiger partial charge in [0, 0.05) is 11.0 Å². The highest BCUT2D eigenvalue weighted by Gasteiger charge is 2.03. The Balaban J connectivity index is 2.33. The number of amides is 1. The molecule has 1 amide bonds. The minimum Gasteiger partial charge on any atom is -0.321 e. The SMILES string of the molecule is C=C(C)C(=O)Nc1cnc2ccccc2c1. The van der Waals surface area contributed by atoms with Crippen molar-refractivity contribution in [1.29, 1.82) is 0 Å². The van der Waals surface area contributed by atoms with Gasteiger partial charge in [-0.3, -0.25) is 9.78 Å². The molecule has 1 heterocycles. The normalized spacial score (nSPS) is 10.1. The molecule has 0 aliphatic rings.